The molecule has 178 valence electrons. The van der Waals surface area contributed by atoms with Gasteiger partial charge in [-0.1, -0.05) is 109 Å². The highest BCUT2D eigenvalue weighted by Crippen LogP contribution is 2.26. The third kappa shape index (κ3) is 5.95. The molecule has 0 aliphatic heterocycles. The highest BCUT2D eigenvalue weighted by molar-refractivity contribution is 5.84. The third-order valence-electron chi connectivity index (χ3n) is 6.40. The number of nitrogens with zero attached hydrogens (tertiary/aromatic N) is 1. The van der Waals surface area contributed by atoms with Crippen LogP contribution in [-0.4, -0.2) is 24.6 Å². The zero-order valence-electron chi connectivity index (χ0n) is 20.4. The van der Waals surface area contributed by atoms with Crippen molar-refractivity contribution in [3.8, 4) is 11.1 Å². The highest BCUT2D eigenvalue weighted by Gasteiger charge is 2.06. The van der Waals surface area contributed by atoms with Crippen LogP contribution in [0.1, 0.15) is 16.7 Å². The van der Waals surface area contributed by atoms with Crippen LogP contribution in [0.2, 0.25) is 0 Å². The van der Waals surface area contributed by atoms with Gasteiger partial charge in [-0.05, 0) is 44.8 Å². The molecular formula is C33H31N3. The van der Waals surface area contributed by atoms with Gasteiger partial charge in [0.1, 0.15) is 0 Å². The van der Waals surface area contributed by atoms with Gasteiger partial charge >= 0.3 is 0 Å². The minimum atomic E-state index is 0.812. The molecule has 0 aliphatic carbocycles. The molecule has 5 rings (SSSR count). The maximum Gasteiger partial charge on any atom is 0.0346 e. The van der Waals surface area contributed by atoms with Gasteiger partial charge in [0, 0.05) is 44.0 Å². The molecule has 3 nitrogen and oxygen atoms in total. The molecule has 5 aromatic rings. The summed E-state index contributed by atoms with van der Waals surface area (Å²) in [6.07, 6.45) is 6.08. The van der Waals surface area contributed by atoms with Crippen molar-refractivity contribution in [2.45, 2.75) is 6.54 Å². The van der Waals surface area contributed by atoms with Crippen LogP contribution in [0.3, 0.4) is 0 Å². The maximum atomic E-state index is 4.22. The molecule has 0 radical (unpaired) electrons. The number of benzene rings is 4. The number of hydrogen-bond donors (Lipinski definition) is 2. The van der Waals surface area contributed by atoms with E-state index in [1.807, 2.05) is 12.4 Å². The summed E-state index contributed by atoms with van der Waals surface area (Å²) >= 11 is 0. The Morgan fingerprint density at radius 2 is 1.33 bits per heavy atom. The molecule has 0 amide bonds. The van der Waals surface area contributed by atoms with E-state index in [2.05, 4.69) is 131 Å². The molecule has 1 heterocycles. The summed E-state index contributed by atoms with van der Waals surface area (Å²) < 4.78 is 0. The van der Waals surface area contributed by atoms with E-state index in [0.29, 0.717) is 0 Å². The predicted octanol–water partition coefficient (Wildman–Crippen LogP) is 6.71. The highest BCUT2D eigenvalue weighted by atomic mass is 14.9. The molecule has 1 aromatic heterocycles. The average molecular weight is 470 g/mol. The minimum Gasteiger partial charge on any atom is -0.312 e. The normalized spacial score (nSPS) is 11.6. The molecule has 0 atom stereocenters. The summed E-state index contributed by atoms with van der Waals surface area (Å²) in [6, 6.07) is 38.5. The maximum absolute atomic E-state index is 4.22. The van der Waals surface area contributed by atoms with E-state index in [-0.39, 0.29) is 0 Å². The van der Waals surface area contributed by atoms with Crippen molar-refractivity contribution in [2.24, 2.45) is 0 Å². The van der Waals surface area contributed by atoms with Crippen LogP contribution in [0.25, 0.3) is 27.5 Å². The first kappa shape index (κ1) is 23.7. The Kier molecular flexibility index (Phi) is 7.94. The number of aromatic nitrogens is 1. The van der Waals surface area contributed by atoms with Crippen molar-refractivity contribution < 1.29 is 0 Å². The van der Waals surface area contributed by atoms with E-state index in [4.69, 9.17) is 0 Å². The second kappa shape index (κ2) is 12.1. The molecule has 0 spiro atoms. The second-order valence-corrected chi connectivity index (χ2v) is 8.82. The lowest BCUT2D eigenvalue weighted by Gasteiger charge is -2.11. The van der Waals surface area contributed by atoms with Gasteiger partial charge in [-0.25, -0.2) is 0 Å². The fourth-order valence-corrected chi connectivity index (χ4v) is 4.51. The molecule has 36 heavy (non-hydrogen) atoms. The molecule has 0 unspecified atom stereocenters. The van der Waals surface area contributed by atoms with E-state index in [1.54, 1.807) is 0 Å². The third-order valence-corrected chi connectivity index (χ3v) is 6.40. The number of rotatable bonds is 10. The minimum absolute atomic E-state index is 0.812. The number of hydrogen-bond acceptors (Lipinski definition) is 3. The van der Waals surface area contributed by atoms with E-state index >= 15 is 0 Å². The lowest BCUT2D eigenvalue weighted by Crippen LogP contribution is -2.27. The lowest BCUT2D eigenvalue weighted by atomic mass is 9.95. The van der Waals surface area contributed by atoms with Crippen molar-refractivity contribution in [1.82, 2.24) is 15.6 Å². The van der Waals surface area contributed by atoms with E-state index in [9.17, 15) is 0 Å². The average Bonchev–Trinajstić information content (AvgIpc) is 2.96. The van der Waals surface area contributed by atoms with E-state index in [0.717, 1.165) is 26.2 Å². The summed E-state index contributed by atoms with van der Waals surface area (Å²) in [5, 5.41) is 9.58. The topological polar surface area (TPSA) is 37.0 Å². The molecule has 3 heteroatoms. The van der Waals surface area contributed by atoms with Crippen LogP contribution in [0, 0.1) is 0 Å². The first-order chi connectivity index (χ1) is 17.9. The van der Waals surface area contributed by atoms with Crippen LogP contribution in [0.5, 0.6) is 0 Å². The zero-order valence-corrected chi connectivity index (χ0v) is 20.4. The van der Waals surface area contributed by atoms with Gasteiger partial charge in [0.15, 0.2) is 0 Å². The number of pyridine rings is 1. The second-order valence-electron chi connectivity index (χ2n) is 8.82. The smallest absolute Gasteiger partial charge is 0.0346 e. The monoisotopic (exact) mass is 469 g/mol. The summed E-state index contributed by atoms with van der Waals surface area (Å²) in [6.45, 7) is 3.47. The molecule has 0 bridgehead atoms. The van der Waals surface area contributed by atoms with Crippen LogP contribution < -0.4 is 10.6 Å². The van der Waals surface area contributed by atoms with Crippen LogP contribution in [0.15, 0.2) is 128 Å². The molecule has 0 saturated carbocycles. The Balaban J connectivity index is 1.19. The van der Waals surface area contributed by atoms with Crippen molar-refractivity contribution in [3.05, 3.63) is 144 Å². The summed E-state index contributed by atoms with van der Waals surface area (Å²) in [5.41, 5.74) is 7.49. The van der Waals surface area contributed by atoms with Crippen LogP contribution in [0.4, 0.5) is 0 Å². The first-order valence-corrected chi connectivity index (χ1v) is 12.5. The largest absolute Gasteiger partial charge is 0.312 e. The Morgan fingerprint density at radius 3 is 2.14 bits per heavy atom. The standard InChI is InChI=1S/C33H31N3/c1-3-8-26(9-4-1)27-14-16-29(17-15-27)32(28-10-5-2-6-11-28)18-20-34-22-23-36-25-31-13-7-12-30-24-35-21-19-33(30)31/h1-19,21,24,34,36H,20,22-23,25H2/b32-18-. The molecule has 0 fully saturated rings. The molecule has 0 aliphatic rings. The molecule has 4 aromatic carbocycles. The van der Waals surface area contributed by atoms with E-state index in [1.165, 1.54) is 44.2 Å². The summed E-state index contributed by atoms with van der Waals surface area (Å²) in [4.78, 5) is 4.22. The molecular weight excluding hydrogens is 438 g/mol. The quantitative estimate of drug-likeness (QED) is 0.223. The Bertz CT molecular complexity index is 1400. The van der Waals surface area contributed by atoms with Gasteiger partial charge in [-0.3, -0.25) is 4.98 Å². The van der Waals surface area contributed by atoms with Gasteiger partial charge in [0.05, 0.1) is 0 Å². The molecule has 0 saturated heterocycles. The fraction of sp³-hybridized carbons (Fsp3) is 0.121. The summed E-state index contributed by atoms with van der Waals surface area (Å²) in [5.74, 6) is 0. The van der Waals surface area contributed by atoms with Gasteiger partial charge in [0.25, 0.3) is 0 Å². The van der Waals surface area contributed by atoms with Gasteiger partial charge in [-0.15, -0.1) is 0 Å². The fourth-order valence-electron chi connectivity index (χ4n) is 4.51. The van der Waals surface area contributed by atoms with Crippen molar-refractivity contribution >= 4 is 16.3 Å². The van der Waals surface area contributed by atoms with E-state index < -0.39 is 0 Å². The predicted molar refractivity (Wildman–Crippen MR) is 152 cm³/mol. The lowest BCUT2D eigenvalue weighted by molar-refractivity contribution is 0.637. The van der Waals surface area contributed by atoms with Crippen LogP contribution in [-0.2, 0) is 6.54 Å². The number of nitrogens with one attached hydrogen (secondary N) is 2. The van der Waals surface area contributed by atoms with Gasteiger partial charge < -0.3 is 10.6 Å². The molecule has 2 N–H and O–H groups in total. The SMILES string of the molecule is C(/CNCCNCc1cccc2cnccc12)=C(\c1ccccc1)c1ccc(-c2ccccc2)cc1. The van der Waals surface area contributed by atoms with Gasteiger partial charge in [0.2, 0.25) is 0 Å². The Hall–Kier alpha value is -4.05. The van der Waals surface area contributed by atoms with Gasteiger partial charge in [-0.2, -0.15) is 0 Å². The van der Waals surface area contributed by atoms with Crippen molar-refractivity contribution in [1.29, 1.82) is 0 Å². The van der Waals surface area contributed by atoms with Crippen molar-refractivity contribution in [3.63, 3.8) is 0 Å². The van der Waals surface area contributed by atoms with Crippen LogP contribution >= 0.6 is 0 Å². The zero-order chi connectivity index (χ0) is 24.4. The summed E-state index contributed by atoms with van der Waals surface area (Å²) in [7, 11) is 0. The Labute approximate surface area is 213 Å². The first-order valence-electron chi connectivity index (χ1n) is 12.5. The van der Waals surface area contributed by atoms with Crippen molar-refractivity contribution in [2.75, 3.05) is 19.6 Å². The Morgan fingerprint density at radius 1 is 0.639 bits per heavy atom. The number of fused-ring (bicyclic) bond motifs is 1.